The summed E-state index contributed by atoms with van der Waals surface area (Å²) in [5, 5.41) is 39.8. The Hall–Kier alpha value is -8.48. The van der Waals surface area contributed by atoms with Gasteiger partial charge in [-0.2, -0.15) is 0 Å². The second kappa shape index (κ2) is 50.8. The lowest BCUT2D eigenvalue weighted by molar-refractivity contribution is -0.144. The molecule has 6 saturated heterocycles. The molecule has 6 fully saturated rings. The fourth-order valence-electron chi connectivity index (χ4n) is 15.5. The molecule has 6 heterocycles. The van der Waals surface area contributed by atoms with E-state index >= 15 is 0 Å². The molecule has 26 heteroatoms. The Morgan fingerprint density at radius 3 is 0.983 bits per heavy atom. The number of nitrogens with zero attached hydrogens (tertiary/aromatic N) is 12. The lowest BCUT2D eigenvalue weighted by atomic mass is 9.98. The largest absolute Gasteiger partial charge is 0.395 e. The molecule has 24 nitrogen and oxygen atoms in total. The fourth-order valence-corrected chi connectivity index (χ4v) is 15.5. The first-order valence-electron chi connectivity index (χ1n) is 43.2. The number of amides is 6. The molecule has 6 aliphatic heterocycles. The van der Waals surface area contributed by atoms with Gasteiger partial charge in [0, 0.05) is 213 Å². The molecule has 0 aliphatic carbocycles. The number of benzene rings is 6. The van der Waals surface area contributed by atoms with Gasteiger partial charge in [0.05, 0.1) is 25.0 Å². The number of halogens is 2. The average Bonchev–Trinajstić information content (AvgIpc) is 0.840. The van der Waals surface area contributed by atoms with Crippen molar-refractivity contribution in [2.24, 2.45) is 5.73 Å². The van der Waals surface area contributed by atoms with Gasteiger partial charge in [0.15, 0.2) is 12.2 Å². The highest BCUT2D eigenvalue weighted by molar-refractivity contribution is 5.85. The van der Waals surface area contributed by atoms with Crippen molar-refractivity contribution in [3.05, 3.63) is 215 Å². The highest BCUT2D eigenvalue weighted by atomic mass is 19.1. The summed E-state index contributed by atoms with van der Waals surface area (Å²) in [5.41, 5.74) is 10.5. The van der Waals surface area contributed by atoms with Crippen molar-refractivity contribution in [3.63, 3.8) is 0 Å². The Labute approximate surface area is 713 Å². The molecule has 6 N–H and O–H groups in total. The van der Waals surface area contributed by atoms with Crippen LogP contribution in [-0.2, 0) is 39.9 Å². The van der Waals surface area contributed by atoms with E-state index in [0.29, 0.717) is 74.9 Å². The van der Waals surface area contributed by atoms with Crippen LogP contribution in [0.1, 0.15) is 153 Å². The summed E-state index contributed by atoms with van der Waals surface area (Å²) in [7, 11) is 1.60. The summed E-state index contributed by atoms with van der Waals surface area (Å²) in [6.45, 7) is 45.1. The highest BCUT2D eigenvalue weighted by Crippen LogP contribution is 2.26. The van der Waals surface area contributed by atoms with Gasteiger partial charge in [-0.05, 0) is 129 Å². The van der Waals surface area contributed by atoms with Gasteiger partial charge >= 0.3 is 0 Å². The van der Waals surface area contributed by atoms with Gasteiger partial charge in [-0.1, -0.05) is 152 Å². The number of aliphatic hydroxyl groups is 4. The van der Waals surface area contributed by atoms with Crippen molar-refractivity contribution in [2.75, 3.05) is 171 Å². The molecule has 0 aromatic heterocycles. The van der Waals surface area contributed by atoms with Crippen molar-refractivity contribution in [1.82, 2.24) is 58.8 Å². The normalized spacial score (nSPS) is 18.3. The molecule has 660 valence electrons. The lowest BCUT2D eigenvalue weighted by Crippen LogP contribution is -2.53. The first-order valence-corrected chi connectivity index (χ1v) is 43.2. The first kappa shape index (κ1) is 98.6. The average molecular weight is 1670 g/mol. The number of carbonyl (C=O) groups excluding carboxylic acids is 6. The number of hydrogen-bond acceptors (Lipinski definition) is 18. The number of nitrogens with two attached hydrogens (primary N) is 1. The van der Waals surface area contributed by atoms with Gasteiger partial charge in [0.25, 0.3) is 17.7 Å². The third kappa shape index (κ3) is 31.1. The van der Waals surface area contributed by atoms with Gasteiger partial charge in [0.2, 0.25) is 17.7 Å². The van der Waals surface area contributed by atoms with Crippen LogP contribution in [0, 0.1) is 11.6 Å². The van der Waals surface area contributed by atoms with Crippen LogP contribution >= 0.6 is 0 Å². The maximum Gasteiger partial charge on any atom is 0.256 e. The van der Waals surface area contributed by atoms with Crippen LogP contribution in [0.4, 0.5) is 8.78 Å². The van der Waals surface area contributed by atoms with Crippen LogP contribution in [0.25, 0.3) is 0 Å². The molecule has 0 radical (unpaired) electrons. The number of ether oxygens (including phenoxy) is 1. The van der Waals surface area contributed by atoms with E-state index in [4.69, 9.17) is 10.5 Å². The quantitative estimate of drug-likeness (QED) is 0.0425. The topological polar surface area (TPSA) is 257 Å². The van der Waals surface area contributed by atoms with E-state index in [2.05, 4.69) is 112 Å². The molecule has 0 bridgehead atoms. The fraction of sp³-hybridized carbons (Fsp3) is 0.553. The van der Waals surface area contributed by atoms with Crippen LogP contribution < -0.4 is 5.73 Å². The van der Waals surface area contributed by atoms with Crippen LogP contribution in [-0.4, -0.2) is 328 Å². The standard InChI is InChI=1S/4C16H24N2O2.C15H20F2N2O2.C15H23N3O/c1-13(2)17-9-11-18(12-10-17)16(19)15(20-3)14-7-5-4-6-8-14;1-13(2)17-8-10-18(11-9-17)16(20)15(12-19)14-6-4-3-5-7-14;1-13(2)17-8-10-18(11-9-17)16(20)12-15(19)14-6-4-3-5-7-14;1-13(2)17-8-10-18(11-9-17)16(20)15(19)12-14-6-4-3-5-7-14;1-10(2)18-3-5-19(6-4-18)15(21)14(20)11-7-12(16)9-13(17)8-11;1-12(2)17-8-10-18(11-9-17)15(19)14(16)13-6-4-3-5-7-13/h4-8,13,15H,9-12H2,1-3H3;3*3-7,13,15,19H,8-12H2,1-2H3;7-10,14,20H,3-6H2,1-2H3;3-7,12,14H,8-11,16H2,1-2H3. The minimum atomic E-state index is -1.53. The molecule has 120 heavy (non-hydrogen) atoms. The van der Waals surface area contributed by atoms with E-state index in [-0.39, 0.29) is 48.1 Å². The number of hydrogen-bond donors (Lipinski definition) is 5. The van der Waals surface area contributed by atoms with E-state index in [0.717, 1.165) is 171 Å². The maximum atomic E-state index is 13.2. The van der Waals surface area contributed by atoms with Gasteiger partial charge < -0.3 is 60.3 Å². The molecule has 6 aromatic carbocycles. The zero-order valence-corrected chi connectivity index (χ0v) is 73.5. The van der Waals surface area contributed by atoms with Crippen molar-refractivity contribution in [3.8, 4) is 0 Å². The third-order valence-electron chi connectivity index (χ3n) is 23.4. The van der Waals surface area contributed by atoms with E-state index in [1.54, 1.807) is 12.0 Å². The predicted octanol–water partition coefficient (Wildman–Crippen LogP) is 8.84. The Bertz CT molecular complexity index is 3840. The molecule has 6 aromatic rings. The Kier molecular flexibility index (Phi) is 41.8. The Morgan fingerprint density at radius 2 is 0.642 bits per heavy atom. The zero-order chi connectivity index (χ0) is 87.5. The van der Waals surface area contributed by atoms with Gasteiger partial charge in [0.1, 0.15) is 23.8 Å². The molecule has 6 aliphatic rings. The van der Waals surface area contributed by atoms with Crippen molar-refractivity contribution < 1.29 is 62.7 Å². The molecule has 0 spiro atoms. The molecular weight excluding hydrogens is 1530 g/mol. The number of carbonyl (C=O) groups is 6. The van der Waals surface area contributed by atoms with E-state index in [1.165, 1.54) is 4.90 Å². The smallest absolute Gasteiger partial charge is 0.256 e. The summed E-state index contributed by atoms with van der Waals surface area (Å²) in [4.78, 5) is 99.1. The number of methoxy groups -OCH3 is 1. The second-order valence-corrected chi connectivity index (χ2v) is 33.3. The Balaban J connectivity index is 0.000000198. The summed E-state index contributed by atoms with van der Waals surface area (Å²) in [5.74, 6) is -2.49. The highest BCUT2D eigenvalue weighted by Gasteiger charge is 2.35. The van der Waals surface area contributed by atoms with Crippen molar-refractivity contribution >= 4 is 35.4 Å². The molecule has 0 saturated carbocycles. The molecule has 6 unspecified atom stereocenters. The monoisotopic (exact) mass is 1660 g/mol. The molecular formula is C94H139F2N13O11. The van der Waals surface area contributed by atoms with Crippen LogP contribution in [0.5, 0.6) is 0 Å². The summed E-state index contributed by atoms with van der Waals surface area (Å²) >= 11 is 0. The molecule has 6 atom stereocenters. The van der Waals surface area contributed by atoms with Crippen LogP contribution in [0.3, 0.4) is 0 Å². The minimum Gasteiger partial charge on any atom is -0.395 e. The molecule has 6 amide bonds. The summed E-state index contributed by atoms with van der Waals surface area (Å²) < 4.78 is 31.7. The summed E-state index contributed by atoms with van der Waals surface area (Å²) in [6.07, 6.45) is -3.08. The summed E-state index contributed by atoms with van der Waals surface area (Å²) in [6, 6.07) is 53.1. The van der Waals surface area contributed by atoms with E-state index in [9.17, 15) is 58.0 Å². The first-order chi connectivity index (χ1) is 57.4. The third-order valence-corrected chi connectivity index (χ3v) is 23.4. The zero-order valence-electron chi connectivity index (χ0n) is 73.5. The van der Waals surface area contributed by atoms with E-state index < -0.39 is 53.9 Å². The van der Waals surface area contributed by atoms with Crippen LogP contribution in [0.2, 0.25) is 0 Å². The molecule has 12 rings (SSSR count). The maximum absolute atomic E-state index is 13.2. The predicted molar refractivity (Wildman–Crippen MR) is 469 cm³/mol. The van der Waals surface area contributed by atoms with Gasteiger partial charge in [-0.3, -0.25) is 58.2 Å². The number of rotatable bonds is 22. The second-order valence-electron chi connectivity index (χ2n) is 33.3. The lowest BCUT2D eigenvalue weighted by Gasteiger charge is -2.38. The SMILES string of the molecule is CC(C)N1CCN(C(=O)C(CO)c2ccccc2)CC1.CC(C)N1CCN(C(=O)C(N)c2ccccc2)CC1.CC(C)N1CCN(C(=O)C(O)Cc2ccccc2)CC1.CC(C)N1CCN(C(=O)C(O)c2cc(F)cc(F)c2)CC1.CC(C)N1CCN(C(=O)CC(O)c2ccccc2)CC1.COC(C(=O)N1CCN(C(C)C)CC1)c1ccccc1. The minimum absolute atomic E-state index is 0.0367. The van der Waals surface area contributed by atoms with E-state index in [1.807, 2.05) is 171 Å². The van der Waals surface area contributed by atoms with Gasteiger partial charge in [-0.15, -0.1) is 0 Å². The van der Waals surface area contributed by atoms with Crippen molar-refractivity contribution in [2.45, 2.75) is 169 Å². The van der Waals surface area contributed by atoms with Crippen molar-refractivity contribution in [1.29, 1.82) is 0 Å². The number of aliphatic hydroxyl groups excluding tert-OH is 4. The Morgan fingerprint density at radius 1 is 0.350 bits per heavy atom. The van der Waals surface area contributed by atoms with Crippen LogP contribution in [0.15, 0.2) is 170 Å². The van der Waals surface area contributed by atoms with Gasteiger partial charge in [-0.25, -0.2) is 8.78 Å². The number of piperazine rings is 6.